The Morgan fingerprint density at radius 3 is 2.26 bits per heavy atom. The molecule has 23 heavy (non-hydrogen) atoms. The van der Waals surface area contributed by atoms with Crippen LogP contribution >= 0.6 is 0 Å². The van der Waals surface area contributed by atoms with Crippen molar-refractivity contribution >= 4 is 5.69 Å². The quantitative estimate of drug-likeness (QED) is 0.929. The second kappa shape index (κ2) is 6.33. The molecule has 1 heterocycles. The van der Waals surface area contributed by atoms with E-state index < -0.39 is 0 Å². The molecular formula is C19H29N3O. The second-order valence-corrected chi connectivity index (χ2v) is 7.57. The lowest BCUT2D eigenvalue weighted by molar-refractivity contribution is 0.178. The van der Waals surface area contributed by atoms with Crippen molar-refractivity contribution < 1.29 is 4.74 Å². The van der Waals surface area contributed by atoms with Gasteiger partial charge in [0.1, 0.15) is 5.75 Å². The molecule has 0 aromatic heterocycles. The van der Waals surface area contributed by atoms with Crippen molar-refractivity contribution in [2.45, 2.75) is 37.8 Å². The summed E-state index contributed by atoms with van der Waals surface area (Å²) in [6, 6.07) is 9.66. The number of ether oxygens (including phenoxy) is 1. The molecule has 4 heteroatoms. The van der Waals surface area contributed by atoms with Crippen LogP contribution in [0.25, 0.3) is 0 Å². The Bertz CT molecular complexity index is 527. The second-order valence-electron chi connectivity index (χ2n) is 7.57. The van der Waals surface area contributed by atoms with Crippen molar-refractivity contribution in [1.82, 2.24) is 4.90 Å². The molecule has 0 bridgehead atoms. The van der Waals surface area contributed by atoms with Gasteiger partial charge >= 0.3 is 0 Å². The van der Waals surface area contributed by atoms with Crippen LogP contribution in [0.15, 0.2) is 24.3 Å². The topological polar surface area (TPSA) is 41.7 Å². The van der Waals surface area contributed by atoms with Gasteiger partial charge in [0.2, 0.25) is 0 Å². The number of anilines is 1. The number of hydrogen-bond donors (Lipinski definition) is 1. The molecule has 3 fully saturated rings. The van der Waals surface area contributed by atoms with Crippen molar-refractivity contribution in [3.05, 3.63) is 24.3 Å². The molecule has 3 aliphatic rings. The van der Waals surface area contributed by atoms with Crippen LogP contribution in [0.3, 0.4) is 0 Å². The summed E-state index contributed by atoms with van der Waals surface area (Å²) < 4.78 is 5.52. The number of nitrogens with zero attached hydrogens (tertiary/aromatic N) is 2. The standard InChI is InChI=1S/C19H29N3O/c1-23-19-5-3-2-4-18(19)22-8-6-21(7-9-22)17-12-14-10-16(20)11-15(14)13-17/h2-5,14-17H,6-13,20H2,1H3/t14-,15+,16?,17?. The molecule has 2 saturated carbocycles. The van der Waals surface area contributed by atoms with E-state index in [1.54, 1.807) is 7.11 Å². The molecule has 0 spiro atoms. The van der Waals surface area contributed by atoms with Crippen LogP contribution in [-0.2, 0) is 0 Å². The molecule has 1 aromatic rings. The molecule has 1 aromatic carbocycles. The first-order valence-electron chi connectivity index (χ1n) is 9.12. The predicted molar refractivity (Wildman–Crippen MR) is 94.0 cm³/mol. The number of hydrogen-bond acceptors (Lipinski definition) is 4. The van der Waals surface area contributed by atoms with E-state index in [-0.39, 0.29) is 0 Å². The summed E-state index contributed by atoms with van der Waals surface area (Å²) in [6.07, 6.45) is 5.30. The zero-order valence-electron chi connectivity index (χ0n) is 14.2. The van der Waals surface area contributed by atoms with Gasteiger partial charge in [-0.3, -0.25) is 4.90 Å². The van der Waals surface area contributed by atoms with Crippen LogP contribution in [0.1, 0.15) is 25.7 Å². The highest BCUT2D eigenvalue weighted by molar-refractivity contribution is 5.58. The van der Waals surface area contributed by atoms with E-state index in [0.29, 0.717) is 6.04 Å². The van der Waals surface area contributed by atoms with E-state index in [0.717, 1.165) is 36.7 Å². The van der Waals surface area contributed by atoms with Gasteiger partial charge < -0.3 is 15.4 Å². The molecule has 1 aliphatic heterocycles. The average molecular weight is 315 g/mol. The fourth-order valence-corrected chi connectivity index (χ4v) is 5.15. The van der Waals surface area contributed by atoms with Gasteiger partial charge in [-0.2, -0.15) is 0 Å². The van der Waals surface area contributed by atoms with Gasteiger partial charge in [0, 0.05) is 38.3 Å². The first kappa shape index (κ1) is 15.3. The van der Waals surface area contributed by atoms with Crippen LogP contribution in [0, 0.1) is 11.8 Å². The number of rotatable bonds is 3. The minimum absolute atomic E-state index is 0.480. The molecular weight excluding hydrogens is 286 g/mol. The normalized spacial score (nSPS) is 34.6. The van der Waals surface area contributed by atoms with Crippen LogP contribution in [0.2, 0.25) is 0 Å². The van der Waals surface area contributed by atoms with Crippen LogP contribution < -0.4 is 15.4 Å². The lowest BCUT2D eigenvalue weighted by Crippen LogP contribution is -2.50. The first-order valence-corrected chi connectivity index (χ1v) is 9.12. The summed E-state index contributed by atoms with van der Waals surface area (Å²) in [4.78, 5) is 5.21. The SMILES string of the molecule is COc1ccccc1N1CCN(C2C[C@H]3CC(N)C[C@H]3C2)CC1. The van der Waals surface area contributed by atoms with Crippen molar-refractivity contribution in [2.75, 3.05) is 38.2 Å². The summed E-state index contributed by atoms with van der Waals surface area (Å²) in [5.41, 5.74) is 7.37. The fraction of sp³-hybridized carbons (Fsp3) is 0.684. The maximum absolute atomic E-state index is 6.13. The number of nitrogens with two attached hydrogens (primary N) is 1. The molecule has 2 aliphatic carbocycles. The third-order valence-electron chi connectivity index (χ3n) is 6.28. The number of methoxy groups -OCH3 is 1. The van der Waals surface area contributed by atoms with E-state index >= 15 is 0 Å². The number of benzene rings is 1. The van der Waals surface area contributed by atoms with Crippen molar-refractivity contribution in [2.24, 2.45) is 17.6 Å². The highest BCUT2D eigenvalue weighted by Gasteiger charge is 2.42. The Balaban J connectivity index is 1.35. The van der Waals surface area contributed by atoms with Gasteiger partial charge in [0.15, 0.2) is 0 Å². The van der Waals surface area contributed by atoms with Gasteiger partial charge in [-0.15, -0.1) is 0 Å². The lowest BCUT2D eigenvalue weighted by Gasteiger charge is -2.39. The summed E-state index contributed by atoms with van der Waals surface area (Å²) in [6.45, 7) is 4.56. The number of piperazine rings is 1. The summed E-state index contributed by atoms with van der Waals surface area (Å²) >= 11 is 0. The van der Waals surface area contributed by atoms with Gasteiger partial charge in [-0.1, -0.05) is 12.1 Å². The molecule has 0 amide bonds. The lowest BCUT2D eigenvalue weighted by atomic mass is 10.0. The Morgan fingerprint density at radius 2 is 1.61 bits per heavy atom. The zero-order valence-corrected chi connectivity index (χ0v) is 14.2. The van der Waals surface area contributed by atoms with Crippen LogP contribution in [0.5, 0.6) is 5.75 Å². The number of fused-ring (bicyclic) bond motifs is 1. The molecule has 0 radical (unpaired) electrons. The van der Waals surface area contributed by atoms with Crippen LogP contribution in [-0.4, -0.2) is 50.3 Å². The zero-order chi connectivity index (χ0) is 15.8. The average Bonchev–Trinajstić information content (AvgIpc) is 3.12. The van der Waals surface area contributed by atoms with Crippen molar-refractivity contribution in [1.29, 1.82) is 0 Å². The summed E-state index contributed by atoms with van der Waals surface area (Å²) in [5, 5.41) is 0. The maximum atomic E-state index is 6.13. The summed E-state index contributed by atoms with van der Waals surface area (Å²) in [5.74, 6) is 2.80. The third kappa shape index (κ3) is 2.94. The first-order chi connectivity index (χ1) is 11.2. The highest BCUT2D eigenvalue weighted by Crippen LogP contribution is 2.45. The minimum Gasteiger partial charge on any atom is -0.495 e. The Kier molecular flexibility index (Phi) is 4.20. The Labute approximate surface area is 139 Å². The highest BCUT2D eigenvalue weighted by atomic mass is 16.5. The fourth-order valence-electron chi connectivity index (χ4n) is 5.15. The largest absolute Gasteiger partial charge is 0.495 e. The van der Waals surface area contributed by atoms with Gasteiger partial charge in [0.25, 0.3) is 0 Å². The van der Waals surface area contributed by atoms with E-state index in [2.05, 4.69) is 28.0 Å². The van der Waals surface area contributed by atoms with Crippen molar-refractivity contribution in [3.8, 4) is 5.75 Å². The molecule has 4 nitrogen and oxygen atoms in total. The van der Waals surface area contributed by atoms with Crippen LogP contribution in [0.4, 0.5) is 5.69 Å². The van der Waals surface area contributed by atoms with E-state index in [4.69, 9.17) is 10.5 Å². The molecule has 126 valence electrons. The molecule has 1 saturated heterocycles. The molecule has 2 unspecified atom stereocenters. The van der Waals surface area contributed by atoms with Gasteiger partial charge in [0.05, 0.1) is 12.8 Å². The Morgan fingerprint density at radius 1 is 0.957 bits per heavy atom. The smallest absolute Gasteiger partial charge is 0.142 e. The van der Waals surface area contributed by atoms with Gasteiger partial charge in [-0.05, 0) is 49.7 Å². The number of para-hydroxylation sites is 2. The van der Waals surface area contributed by atoms with Crippen molar-refractivity contribution in [3.63, 3.8) is 0 Å². The minimum atomic E-state index is 0.480. The maximum Gasteiger partial charge on any atom is 0.142 e. The van der Waals surface area contributed by atoms with E-state index in [1.807, 2.05) is 6.07 Å². The molecule has 2 N–H and O–H groups in total. The monoisotopic (exact) mass is 315 g/mol. The molecule has 4 rings (SSSR count). The third-order valence-corrected chi connectivity index (χ3v) is 6.28. The van der Waals surface area contributed by atoms with E-state index in [9.17, 15) is 0 Å². The molecule has 4 atom stereocenters. The predicted octanol–water partition coefficient (Wildman–Crippen LogP) is 2.33. The van der Waals surface area contributed by atoms with Gasteiger partial charge in [-0.25, -0.2) is 0 Å². The van der Waals surface area contributed by atoms with E-state index in [1.165, 1.54) is 44.5 Å². The Hall–Kier alpha value is -1.26. The summed E-state index contributed by atoms with van der Waals surface area (Å²) in [7, 11) is 1.76.